The molecule has 0 radical (unpaired) electrons. The van der Waals surface area contributed by atoms with Crippen molar-refractivity contribution in [3.8, 4) is 28.3 Å². The Labute approximate surface area is 247 Å². The van der Waals surface area contributed by atoms with Crippen molar-refractivity contribution in [1.82, 2.24) is 19.5 Å². The van der Waals surface area contributed by atoms with Crippen molar-refractivity contribution in [2.24, 2.45) is 0 Å². The van der Waals surface area contributed by atoms with Gasteiger partial charge in [0.05, 0.1) is 33.5 Å². The summed E-state index contributed by atoms with van der Waals surface area (Å²) in [4.78, 5) is 14.8. The largest absolute Gasteiger partial charge is 0.294 e. The van der Waals surface area contributed by atoms with Gasteiger partial charge in [-0.05, 0) is 71.4 Å². The molecule has 0 saturated heterocycles. The lowest BCUT2D eigenvalue weighted by Gasteiger charge is -2.09. The Morgan fingerprint density at radius 1 is 0.442 bits per heavy atom. The van der Waals surface area contributed by atoms with Gasteiger partial charge in [-0.2, -0.15) is 0 Å². The fourth-order valence-corrected chi connectivity index (χ4v) is 6.32. The normalized spacial score (nSPS) is 11.7. The highest BCUT2D eigenvalue weighted by Gasteiger charge is 2.17. The lowest BCUT2D eigenvalue weighted by atomic mass is 10.0. The first-order valence-electron chi connectivity index (χ1n) is 14.4. The Bertz CT molecular complexity index is 2510. The van der Waals surface area contributed by atoms with Crippen LogP contribution in [0.5, 0.6) is 0 Å². The summed E-state index contributed by atoms with van der Waals surface area (Å²) < 4.78 is 2.29. The third-order valence-electron chi connectivity index (χ3n) is 8.42. The smallest absolute Gasteiger partial charge is 0.138 e. The van der Waals surface area contributed by atoms with Gasteiger partial charge < -0.3 is 0 Å². The van der Waals surface area contributed by atoms with E-state index in [1.165, 1.54) is 21.5 Å². The van der Waals surface area contributed by atoms with Gasteiger partial charge in [0.15, 0.2) is 0 Å². The Hall–Kier alpha value is -5.87. The molecule has 0 aliphatic heterocycles. The fraction of sp³-hybridized carbons (Fsp3) is 0. The van der Waals surface area contributed by atoms with E-state index < -0.39 is 0 Å². The quantitative estimate of drug-likeness (QED) is 0.221. The molecule has 4 aromatic heterocycles. The van der Waals surface area contributed by atoms with Crippen molar-refractivity contribution < 1.29 is 0 Å². The molecule has 4 heteroatoms. The van der Waals surface area contributed by atoms with Crippen molar-refractivity contribution in [2.75, 3.05) is 0 Å². The highest BCUT2D eigenvalue weighted by Crippen LogP contribution is 2.38. The summed E-state index contributed by atoms with van der Waals surface area (Å²) in [5, 5.41) is 7.12. The number of nitrogens with zero attached hydrogens (tertiary/aromatic N) is 4. The van der Waals surface area contributed by atoms with E-state index in [0.717, 1.165) is 61.2 Å². The van der Waals surface area contributed by atoms with Crippen LogP contribution in [0.3, 0.4) is 0 Å². The molecular weight excluding hydrogens is 524 g/mol. The van der Waals surface area contributed by atoms with Gasteiger partial charge in [-0.3, -0.25) is 9.55 Å². The molecule has 0 bridgehead atoms. The van der Waals surface area contributed by atoms with Crippen LogP contribution in [0.4, 0.5) is 0 Å². The molecule has 0 saturated carbocycles. The van der Waals surface area contributed by atoms with Gasteiger partial charge in [0.1, 0.15) is 5.82 Å². The number of benzene rings is 5. The summed E-state index contributed by atoms with van der Waals surface area (Å²) in [6, 6.07) is 48.8. The summed E-state index contributed by atoms with van der Waals surface area (Å²) in [5.41, 5.74) is 8.15. The minimum atomic E-state index is 0.909. The molecule has 200 valence electrons. The van der Waals surface area contributed by atoms with E-state index in [2.05, 4.69) is 120 Å². The SMILES string of the molecule is c1ccc2nc(-c3ccc(-c4ccc5c(c4)c4c6ccccc6ccc4n5-c4ccc5ccccc5n4)nc3)ccc2c1. The number of fused-ring (bicyclic) bond motifs is 7. The first kappa shape index (κ1) is 23.8. The molecule has 0 fully saturated rings. The second-order valence-electron chi connectivity index (χ2n) is 10.9. The van der Waals surface area contributed by atoms with Gasteiger partial charge in [0.2, 0.25) is 0 Å². The number of pyridine rings is 3. The fourth-order valence-electron chi connectivity index (χ4n) is 6.32. The van der Waals surface area contributed by atoms with Crippen molar-refractivity contribution in [2.45, 2.75) is 0 Å². The zero-order valence-corrected chi connectivity index (χ0v) is 23.1. The van der Waals surface area contributed by atoms with E-state index in [9.17, 15) is 0 Å². The van der Waals surface area contributed by atoms with Gasteiger partial charge in [0.25, 0.3) is 0 Å². The lowest BCUT2D eigenvalue weighted by Crippen LogP contribution is -1.97. The molecule has 0 atom stereocenters. The molecule has 9 rings (SSSR count). The Balaban J connectivity index is 1.22. The lowest BCUT2D eigenvalue weighted by molar-refractivity contribution is 1.10. The van der Waals surface area contributed by atoms with Crippen LogP contribution in [0.15, 0.2) is 146 Å². The van der Waals surface area contributed by atoms with Crippen molar-refractivity contribution in [3.63, 3.8) is 0 Å². The van der Waals surface area contributed by atoms with Gasteiger partial charge in [-0.15, -0.1) is 0 Å². The summed E-state index contributed by atoms with van der Waals surface area (Å²) in [7, 11) is 0. The zero-order chi connectivity index (χ0) is 28.3. The van der Waals surface area contributed by atoms with Crippen molar-refractivity contribution in [1.29, 1.82) is 0 Å². The van der Waals surface area contributed by atoms with Gasteiger partial charge in [-0.1, -0.05) is 78.9 Å². The number of rotatable bonds is 3. The van der Waals surface area contributed by atoms with Crippen LogP contribution < -0.4 is 0 Å². The number of aromatic nitrogens is 4. The Kier molecular flexibility index (Phi) is 5.16. The second kappa shape index (κ2) is 9.33. The van der Waals surface area contributed by atoms with E-state index >= 15 is 0 Å². The molecule has 0 N–H and O–H groups in total. The van der Waals surface area contributed by atoms with Gasteiger partial charge >= 0.3 is 0 Å². The van der Waals surface area contributed by atoms with Crippen LogP contribution in [0.1, 0.15) is 0 Å². The highest BCUT2D eigenvalue weighted by molar-refractivity contribution is 6.21. The van der Waals surface area contributed by atoms with E-state index in [4.69, 9.17) is 15.0 Å². The molecule has 0 unspecified atom stereocenters. The summed E-state index contributed by atoms with van der Waals surface area (Å²) in [6.45, 7) is 0. The van der Waals surface area contributed by atoms with Crippen molar-refractivity contribution >= 4 is 54.4 Å². The molecule has 0 aliphatic rings. The molecule has 9 aromatic rings. The summed E-state index contributed by atoms with van der Waals surface area (Å²) in [6.07, 6.45) is 1.92. The van der Waals surface area contributed by atoms with Crippen LogP contribution >= 0.6 is 0 Å². The maximum Gasteiger partial charge on any atom is 0.138 e. The zero-order valence-electron chi connectivity index (χ0n) is 23.1. The van der Waals surface area contributed by atoms with Crippen LogP contribution in [0, 0.1) is 0 Å². The molecule has 0 aliphatic carbocycles. The van der Waals surface area contributed by atoms with Crippen LogP contribution in [0.2, 0.25) is 0 Å². The van der Waals surface area contributed by atoms with Gasteiger partial charge in [-0.25, -0.2) is 9.97 Å². The number of hydrogen-bond acceptors (Lipinski definition) is 3. The van der Waals surface area contributed by atoms with Crippen LogP contribution in [0.25, 0.3) is 82.7 Å². The predicted octanol–water partition coefficient (Wildman–Crippen LogP) is 9.76. The average molecular weight is 549 g/mol. The molecular formula is C39H24N4. The molecule has 0 spiro atoms. The van der Waals surface area contributed by atoms with E-state index in [1.54, 1.807) is 0 Å². The molecule has 43 heavy (non-hydrogen) atoms. The summed E-state index contributed by atoms with van der Waals surface area (Å²) >= 11 is 0. The van der Waals surface area contributed by atoms with Crippen LogP contribution in [-0.2, 0) is 0 Å². The van der Waals surface area contributed by atoms with Gasteiger partial charge in [0, 0.05) is 38.9 Å². The second-order valence-corrected chi connectivity index (χ2v) is 10.9. The van der Waals surface area contributed by atoms with Crippen molar-refractivity contribution in [3.05, 3.63) is 146 Å². The van der Waals surface area contributed by atoms with E-state index in [-0.39, 0.29) is 0 Å². The molecule has 4 heterocycles. The predicted molar refractivity (Wildman–Crippen MR) is 178 cm³/mol. The average Bonchev–Trinajstić information content (AvgIpc) is 3.42. The maximum atomic E-state index is 5.08. The first-order valence-corrected chi connectivity index (χ1v) is 14.4. The monoisotopic (exact) mass is 548 g/mol. The van der Waals surface area contributed by atoms with E-state index in [0.29, 0.717) is 0 Å². The number of hydrogen-bond donors (Lipinski definition) is 0. The van der Waals surface area contributed by atoms with Crippen LogP contribution in [-0.4, -0.2) is 19.5 Å². The minimum absolute atomic E-state index is 0.909. The third-order valence-corrected chi connectivity index (χ3v) is 8.42. The maximum absolute atomic E-state index is 5.08. The Morgan fingerprint density at radius 3 is 1.91 bits per heavy atom. The minimum Gasteiger partial charge on any atom is -0.294 e. The highest BCUT2D eigenvalue weighted by atomic mass is 15.1. The third kappa shape index (κ3) is 3.81. The van der Waals surface area contributed by atoms with E-state index in [1.807, 2.05) is 30.5 Å². The Morgan fingerprint density at radius 2 is 1.09 bits per heavy atom. The summed E-state index contributed by atoms with van der Waals surface area (Å²) in [5.74, 6) is 0.909. The number of para-hydroxylation sites is 2. The molecule has 0 amide bonds. The molecule has 5 aromatic carbocycles. The first-order chi connectivity index (χ1) is 21.3. The molecule has 4 nitrogen and oxygen atoms in total. The topological polar surface area (TPSA) is 43.6 Å². The standard InChI is InChI=1S/C39H24N4/c1-4-10-30-25(7-1)15-21-37-39(30)31-23-28(16-20-36(31)43(37)38-22-17-27-9-3-6-12-34(27)42-38)32-18-14-29(24-40-32)35-19-13-26-8-2-5-11-33(26)41-35/h1-24H.